The molecule has 0 atom stereocenters. The minimum Gasteiger partial charge on any atom is -0.352 e. The molecule has 1 N–H and O–H groups in total. The number of hydrogen-bond donors (Lipinski definition) is 1. The molecule has 1 aromatic carbocycles. The average Bonchev–Trinajstić information content (AvgIpc) is 3.20. The Hall–Kier alpha value is -2.67. The molecule has 0 bridgehead atoms. The lowest BCUT2D eigenvalue weighted by atomic mass is 9.99. The molecule has 3 heterocycles. The number of carbonyl (C=O) groups is 1. The maximum Gasteiger partial charge on any atom is 0.276 e. The smallest absolute Gasteiger partial charge is 0.276 e. The van der Waals surface area contributed by atoms with E-state index in [1.807, 2.05) is 6.07 Å². The lowest BCUT2D eigenvalue weighted by Crippen LogP contribution is -2.35. The standard InChI is InChI=1S/C21H27N5O2/c1-15-7-12-25(13-8-15)11-3-9-22-20(27)16-4-5-17-19(14-16)24(2)21(28)18-6-10-23-26(17)18/h4-6,10,14-15H,3,7-9,11-13H2,1-2H3,(H,22,27). The number of aryl methyl sites for hydroxylation is 1. The lowest BCUT2D eigenvalue weighted by molar-refractivity contribution is 0.0950. The van der Waals surface area contributed by atoms with Gasteiger partial charge in [0.15, 0.2) is 0 Å². The Kier molecular flexibility index (Phi) is 5.17. The van der Waals surface area contributed by atoms with Crippen molar-refractivity contribution in [3.63, 3.8) is 0 Å². The number of benzene rings is 1. The largest absolute Gasteiger partial charge is 0.352 e. The lowest BCUT2D eigenvalue weighted by Gasteiger charge is -2.30. The van der Waals surface area contributed by atoms with Crippen LogP contribution in [0.4, 0.5) is 0 Å². The highest BCUT2D eigenvalue weighted by Gasteiger charge is 2.15. The van der Waals surface area contributed by atoms with Crippen LogP contribution in [0.15, 0.2) is 35.3 Å². The number of piperidine rings is 1. The molecule has 0 radical (unpaired) electrons. The normalized spacial score (nSPS) is 16.1. The number of nitrogens with one attached hydrogen (secondary N) is 1. The number of likely N-dealkylation sites (tertiary alicyclic amines) is 1. The first-order valence-electron chi connectivity index (χ1n) is 10.0. The molecular weight excluding hydrogens is 354 g/mol. The van der Waals surface area contributed by atoms with Gasteiger partial charge in [-0.1, -0.05) is 6.92 Å². The highest BCUT2D eigenvalue weighted by Crippen LogP contribution is 2.17. The van der Waals surface area contributed by atoms with Gasteiger partial charge in [0.2, 0.25) is 0 Å². The zero-order valence-electron chi connectivity index (χ0n) is 16.5. The minimum atomic E-state index is -0.126. The van der Waals surface area contributed by atoms with Gasteiger partial charge in [0.05, 0.1) is 17.2 Å². The predicted octanol–water partition coefficient (Wildman–Crippen LogP) is 2.04. The van der Waals surface area contributed by atoms with E-state index in [-0.39, 0.29) is 11.5 Å². The number of rotatable bonds is 5. The van der Waals surface area contributed by atoms with Crippen molar-refractivity contribution in [3.8, 4) is 0 Å². The van der Waals surface area contributed by atoms with E-state index in [9.17, 15) is 9.59 Å². The van der Waals surface area contributed by atoms with Crippen LogP contribution in [-0.4, -0.2) is 51.2 Å². The van der Waals surface area contributed by atoms with Crippen LogP contribution in [0.5, 0.6) is 0 Å². The molecule has 1 amide bonds. The van der Waals surface area contributed by atoms with Gasteiger partial charge in [-0.3, -0.25) is 9.59 Å². The van der Waals surface area contributed by atoms with E-state index in [2.05, 4.69) is 22.2 Å². The van der Waals surface area contributed by atoms with Crippen molar-refractivity contribution < 1.29 is 4.79 Å². The van der Waals surface area contributed by atoms with E-state index < -0.39 is 0 Å². The van der Waals surface area contributed by atoms with Crippen molar-refractivity contribution >= 4 is 22.5 Å². The second kappa shape index (κ2) is 7.75. The maximum atomic E-state index is 12.6. The number of fused-ring (bicyclic) bond motifs is 3. The van der Waals surface area contributed by atoms with Gasteiger partial charge < -0.3 is 14.8 Å². The van der Waals surface area contributed by atoms with Gasteiger partial charge in [-0.2, -0.15) is 5.10 Å². The Balaban J connectivity index is 1.42. The van der Waals surface area contributed by atoms with Crippen LogP contribution in [0.3, 0.4) is 0 Å². The number of aromatic nitrogens is 3. The Morgan fingerprint density at radius 2 is 1.96 bits per heavy atom. The molecule has 1 fully saturated rings. The van der Waals surface area contributed by atoms with Gasteiger partial charge in [-0.15, -0.1) is 0 Å². The Morgan fingerprint density at radius 1 is 1.18 bits per heavy atom. The van der Waals surface area contributed by atoms with Gasteiger partial charge in [0.25, 0.3) is 11.5 Å². The fourth-order valence-electron chi connectivity index (χ4n) is 3.94. The molecule has 7 nitrogen and oxygen atoms in total. The van der Waals surface area contributed by atoms with Crippen LogP contribution in [0, 0.1) is 5.92 Å². The third kappa shape index (κ3) is 3.54. The molecule has 148 valence electrons. The van der Waals surface area contributed by atoms with E-state index in [0.717, 1.165) is 37.5 Å². The van der Waals surface area contributed by atoms with Crippen LogP contribution in [0.25, 0.3) is 16.6 Å². The summed E-state index contributed by atoms with van der Waals surface area (Å²) in [4.78, 5) is 27.5. The molecule has 1 aliphatic rings. The molecule has 28 heavy (non-hydrogen) atoms. The maximum absolute atomic E-state index is 12.6. The average molecular weight is 381 g/mol. The van der Waals surface area contributed by atoms with E-state index in [1.165, 1.54) is 12.8 Å². The molecule has 0 saturated carbocycles. The summed E-state index contributed by atoms with van der Waals surface area (Å²) >= 11 is 0. The van der Waals surface area contributed by atoms with Gasteiger partial charge in [0.1, 0.15) is 5.52 Å². The molecule has 1 saturated heterocycles. The molecule has 1 aliphatic heterocycles. The van der Waals surface area contributed by atoms with Crippen LogP contribution in [0.2, 0.25) is 0 Å². The van der Waals surface area contributed by atoms with Crippen LogP contribution in [-0.2, 0) is 7.05 Å². The third-order valence-corrected chi connectivity index (χ3v) is 5.81. The Labute approximate surface area is 163 Å². The van der Waals surface area contributed by atoms with Crippen molar-refractivity contribution in [3.05, 3.63) is 46.4 Å². The van der Waals surface area contributed by atoms with Crippen molar-refractivity contribution in [1.82, 2.24) is 24.4 Å². The first-order valence-corrected chi connectivity index (χ1v) is 10.0. The van der Waals surface area contributed by atoms with E-state index in [4.69, 9.17) is 0 Å². The molecule has 0 aliphatic carbocycles. The molecular formula is C21H27N5O2. The number of hydrogen-bond acceptors (Lipinski definition) is 4. The summed E-state index contributed by atoms with van der Waals surface area (Å²) in [5.74, 6) is 0.727. The first kappa shape index (κ1) is 18.7. The topological polar surface area (TPSA) is 71.6 Å². The summed E-state index contributed by atoms with van der Waals surface area (Å²) in [6, 6.07) is 7.10. The molecule has 2 aromatic heterocycles. The summed E-state index contributed by atoms with van der Waals surface area (Å²) < 4.78 is 3.19. The number of nitrogens with zero attached hydrogens (tertiary/aromatic N) is 4. The fourth-order valence-corrected chi connectivity index (χ4v) is 3.94. The monoisotopic (exact) mass is 381 g/mol. The SMILES string of the molecule is CC1CCN(CCCNC(=O)c2ccc3c(c2)n(C)c(=O)c2ccnn23)CC1. The molecule has 7 heteroatoms. The molecule has 0 spiro atoms. The van der Waals surface area contributed by atoms with Crippen LogP contribution in [0.1, 0.15) is 36.5 Å². The van der Waals surface area contributed by atoms with Crippen molar-refractivity contribution in [1.29, 1.82) is 0 Å². The molecule has 3 aromatic rings. The summed E-state index contributed by atoms with van der Waals surface area (Å²) in [7, 11) is 1.72. The zero-order valence-corrected chi connectivity index (χ0v) is 16.5. The summed E-state index contributed by atoms with van der Waals surface area (Å²) in [6.45, 7) is 6.32. The predicted molar refractivity (Wildman–Crippen MR) is 110 cm³/mol. The molecule has 4 rings (SSSR count). The van der Waals surface area contributed by atoms with Gasteiger partial charge in [-0.05, 0) is 69.1 Å². The van der Waals surface area contributed by atoms with Crippen molar-refractivity contribution in [2.24, 2.45) is 13.0 Å². The second-order valence-corrected chi connectivity index (χ2v) is 7.83. The van der Waals surface area contributed by atoms with Crippen LogP contribution < -0.4 is 10.9 Å². The summed E-state index contributed by atoms with van der Waals surface area (Å²) in [5.41, 5.74) is 2.45. The van der Waals surface area contributed by atoms with Crippen molar-refractivity contribution in [2.75, 3.05) is 26.2 Å². The Bertz CT molecular complexity index is 1060. The number of amides is 1. The highest BCUT2D eigenvalue weighted by atomic mass is 16.1. The summed E-state index contributed by atoms with van der Waals surface area (Å²) in [5, 5.41) is 7.23. The Morgan fingerprint density at radius 3 is 2.75 bits per heavy atom. The van der Waals surface area contributed by atoms with E-state index in [0.29, 0.717) is 23.1 Å². The van der Waals surface area contributed by atoms with E-state index in [1.54, 1.807) is 40.5 Å². The quantitative estimate of drug-likeness (QED) is 0.687. The number of carbonyl (C=O) groups excluding carboxylic acids is 1. The highest BCUT2D eigenvalue weighted by molar-refractivity contribution is 5.97. The van der Waals surface area contributed by atoms with Gasteiger partial charge in [-0.25, -0.2) is 4.52 Å². The summed E-state index contributed by atoms with van der Waals surface area (Å²) in [6.07, 6.45) is 5.09. The fraction of sp³-hybridized carbons (Fsp3) is 0.476. The van der Waals surface area contributed by atoms with Crippen LogP contribution >= 0.6 is 0 Å². The molecule has 0 unspecified atom stereocenters. The van der Waals surface area contributed by atoms with E-state index >= 15 is 0 Å². The first-order chi connectivity index (χ1) is 13.5. The third-order valence-electron chi connectivity index (χ3n) is 5.81. The zero-order chi connectivity index (χ0) is 19.7. The van der Waals surface area contributed by atoms with Gasteiger partial charge in [0, 0.05) is 19.2 Å². The van der Waals surface area contributed by atoms with Crippen molar-refractivity contribution in [2.45, 2.75) is 26.2 Å². The van der Waals surface area contributed by atoms with Gasteiger partial charge >= 0.3 is 0 Å². The minimum absolute atomic E-state index is 0.109. The second-order valence-electron chi connectivity index (χ2n) is 7.83.